The van der Waals surface area contributed by atoms with Crippen LogP contribution in [0.15, 0.2) is 29.2 Å². The number of thioether (sulfide) groups is 1. The van der Waals surface area contributed by atoms with E-state index in [0.29, 0.717) is 5.75 Å². The van der Waals surface area contributed by atoms with Gasteiger partial charge in [0.25, 0.3) is 0 Å². The minimum atomic E-state index is 0.185. The van der Waals surface area contributed by atoms with Gasteiger partial charge in [-0.25, -0.2) is 0 Å². The zero-order chi connectivity index (χ0) is 12.8. The third-order valence-corrected chi connectivity index (χ3v) is 4.22. The fourth-order valence-corrected chi connectivity index (χ4v) is 2.98. The molecular formula is C14H19NO2S. The summed E-state index contributed by atoms with van der Waals surface area (Å²) in [5, 5.41) is 9.63. The number of benzene rings is 1. The van der Waals surface area contributed by atoms with Gasteiger partial charge >= 0.3 is 0 Å². The van der Waals surface area contributed by atoms with Crippen molar-refractivity contribution >= 4 is 17.7 Å². The SMILES string of the molecule is O=C(CSc1ccccc1O)N1CCCCCC1. The Labute approximate surface area is 112 Å². The molecule has 0 unspecified atom stereocenters. The van der Waals surface area contributed by atoms with E-state index >= 15 is 0 Å². The third-order valence-electron chi connectivity index (χ3n) is 3.18. The number of hydrogen-bond acceptors (Lipinski definition) is 3. The molecule has 0 aromatic heterocycles. The molecule has 1 aliphatic rings. The fourth-order valence-electron chi connectivity index (χ4n) is 2.13. The molecular weight excluding hydrogens is 246 g/mol. The van der Waals surface area contributed by atoms with Crippen LogP contribution in [0.25, 0.3) is 0 Å². The minimum Gasteiger partial charge on any atom is -0.507 e. The molecule has 1 saturated heterocycles. The number of phenols is 1. The van der Waals surface area contributed by atoms with Crippen LogP contribution in [-0.2, 0) is 4.79 Å². The summed E-state index contributed by atoms with van der Waals surface area (Å²) < 4.78 is 0. The average molecular weight is 265 g/mol. The summed E-state index contributed by atoms with van der Waals surface area (Å²) in [5.41, 5.74) is 0. The summed E-state index contributed by atoms with van der Waals surface area (Å²) in [5.74, 6) is 0.855. The number of carbonyl (C=O) groups is 1. The summed E-state index contributed by atoms with van der Waals surface area (Å²) in [6, 6.07) is 7.16. The Balaban J connectivity index is 1.86. The lowest BCUT2D eigenvalue weighted by atomic mass is 10.2. The molecule has 0 bridgehead atoms. The van der Waals surface area contributed by atoms with E-state index in [1.54, 1.807) is 12.1 Å². The molecule has 1 heterocycles. The van der Waals surface area contributed by atoms with Gasteiger partial charge in [-0.15, -0.1) is 11.8 Å². The molecule has 1 aromatic carbocycles. The van der Waals surface area contributed by atoms with E-state index < -0.39 is 0 Å². The second-order valence-electron chi connectivity index (χ2n) is 4.55. The van der Waals surface area contributed by atoms with E-state index in [1.165, 1.54) is 24.6 Å². The monoisotopic (exact) mass is 265 g/mol. The zero-order valence-corrected chi connectivity index (χ0v) is 11.3. The quantitative estimate of drug-likeness (QED) is 0.854. The van der Waals surface area contributed by atoms with Crippen molar-refractivity contribution in [1.82, 2.24) is 4.90 Å². The number of para-hydroxylation sites is 1. The van der Waals surface area contributed by atoms with Gasteiger partial charge in [0.05, 0.1) is 5.75 Å². The van der Waals surface area contributed by atoms with Gasteiger partial charge in [0.15, 0.2) is 0 Å². The van der Waals surface area contributed by atoms with E-state index in [4.69, 9.17) is 0 Å². The summed E-state index contributed by atoms with van der Waals surface area (Å²) >= 11 is 1.41. The standard InChI is InChI=1S/C14H19NO2S/c16-12-7-3-4-8-13(12)18-11-14(17)15-9-5-1-2-6-10-15/h3-4,7-8,16H,1-2,5-6,9-11H2. The minimum absolute atomic E-state index is 0.185. The summed E-state index contributed by atoms with van der Waals surface area (Å²) in [7, 11) is 0. The Morgan fingerprint density at radius 1 is 1.17 bits per heavy atom. The first-order chi connectivity index (χ1) is 8.77. The fraction of sp³-hybridized carbons (Fsp3) is 0.500. The number of nitrogens with zero attached hydrogens (tertiary/aromatic N) is 1. The molecule has 3 nitrogen and oxygen atoms in total. The number of carbonyl (C=O) groups excluding carboxylic acids is 1. The molecule has 0 aliphatic carbocycles. The topological polar surface area (TPSA) is 40.5 Å². The van der Waals surface area contributed by atoms with Crippen molar-refractivity contribution in [2.75, 3.05) is 18.8 Å². The maximum Gasteiger partial charge on any atom is 0.232 e. The van der Waals surface area contributed by atoms with E-state index in [2.05, 4.69) is 0 Å². The van der Waals surface area contributed by atoms with Gasteiger partial charge in [-0.1, -0.05) is 25.0 Å². The Hall–Kier alpha value is -1.16. The number of likely N-dealkylation sites (tertiary alicyclic amines) is 1. The Morgan fingerprint density at radius 3 is 2.50 bits per heavy atom. The Bertz CT molecular complexity index is 401. The number of amides is 1. The molecule has 1 aliphatic heterocycles. The normalized spacial score (nSPS) is 16.3. The Kier molecular flexibility index (Phi) is 4.93. The average Bonchev–Trinajstić information content (AvgIpc) is 2.66. The van der Waals surface area contributed by atoms with Crippen molar-refractivity contribution in [3.05, 3.63) is 24.3 Å². The maximum atomic E-state index is 12.1. The lowest BCUT2D eigenvalue weighted by Crippen LogP contribution is -2.33. The van der Waals surface area contributed by atoms with Crippen LogP contribution in [0.5, 0.6) is 5.75 Å². The van der Waals surface area contributed by atoms with E-state index in [-0.39, 0.29) is 11.7 Å². The highest BCUT2D eigenvalue weighted by molar-refractivity contribution is 8.00. The smallest absolute Gasteiger partial charge is 0.232 e. The van der Waals surface area contributed by atoms with Crippen LogP contribution < -0.4 is 0 Å². The largest absolute Gasteiger partial charge is 0.507 e. The zero-order valence-electron chi connectivity index (χ0n) is 10.5. The van der Waals surface area contributed by atoms with Crippen molar-refractivity contribution in [3.8, 4) is 5.75 Å². The van der Waals surface area contributed by atoms with Crippen LogP contribution >= 0.6 is 11.8 Å². The molecule has 0 atom stereocenters. The summed E-state index contributed by atoms with van der Waals surface area (Å²) in [6.45, 7) is 1.78. The predicted molar refractivity (Wildman–Crippen MR) is 73.9 cm³/mol. The van der Waals surface area contributed by atoms with Crippen LogP contribution in [0.3, 0.4) is 0 Å². The number of rotatable bonds is 3. The molecule has 4 heteroatoms. The highest BCUT2D eigenvalue weighted by Crippen LogP contribution is 2.27. The molecule has 0 spiro atoms. The first-order valence-corrected chi connectivity index (χ1v) is 7.44. The van der Waals surface area contributed by atoms with Crippen LogP contribution in [0, 0.1) is 0 Å². The van der Waals surface area contributed by atoms with Crippen LogP contribution in [0.4, 0.5) is 0 Å². The molecule has 0 saturated carbocycles. The molecule has 1 amide bonds. The van der Waals surface area contributed by atoms with Gasteiger partial charge in [0, 0.05) is 18.0 Å². The second kappa shape index (κ2) is 6.69. The molecule has 1 N–H and O–H groups in total. The Morgan fingerprint density at radius 2 is 1.83 bits per heavy atom. The number of phenolic OH excluding ortho intramolecular Hbond substituents is 1. The van der Waals surface area contributed by atoms with Crippen molar-refractivity contribution in [1.29, 1.82) is 0 Å². The van der Waals surface area contributed by atoms with Gasteiger partial charge in [0.1, 0.15) is 5.75 Å². The second-order valence-corrected chi connectivity index (χ2v) is 5.57. The number of aromatic hydroxyl groups is 1. The molecule has 18 heavy (non-hydrogen) atoms. The molecule has 98 valence electrons. The van der Waals surface area contributed by atoms with Crippen molar-refractivity contribution in [2.24, 2.45) is 0 Å². The summed E-state index contributed by atoms with van der Waals surface area (Å²) in [4.78, 5) is 14.8. The molecule has 1 fully saturated rings. The van der Waals surface area contributed by atoms with Gasteiger partial charge in [-0.2, -0.15) is 0 Å². The van der Waals surface area contributed by atoms with Crippen molar-refractivity contribution < 1.29 is 9.90 Å². The van der Waals surface area contributed by atoms with Crippen LogP contribution in [0.2, 0.25) is 0 Å². The highest BCUT2D eigenvalue weighted by Gasteiger charge is 2.15. The van der Waals surface area contributed by atoms with Gasteiger partial charge in [0.2, 0.25) is 5.91 Å². The van der Waals surface area contributed by atoms with Crippen LogP contribution in [0.1, 0.15) is 25.7 Å². The molecule has 2 rings (SSSR count). The lowest BCUT2D eigenvalue weighted by Gasteiger charge is -2.20. The lowest BCUT2D eigenvalue weighted by molar-refractivity contribution is -0.128. The predicted octanol–water partition coefficient (Wildman–Crippen LogP) is 2.89. The first-order valence-electron chi connectivity index (χ1n) is 6.46. The van der Waals surface area contributed by atoms with Crippen molar-refractivity contribution in [2.45, 2.75) is 30.6 Å². The van der Waals surface area contributed by atoms with Gasteiger partial charge < -0.3 is 10.0 Å². The molecule has 1 aromatic rings. The first kappa shape index (κ1) is 13.3. The van der Waals surface area contributed by atoms with E-state index in [9.17, 15) is 9.90 Å². The van der Waals surface area contributed by atoms with E-state index in [0.717, 1.165) is 30.8 Å². The maximum absolute atomic E-state index is 12.1. The van der Waals surface area contributed by atoms with Crippen LogP contribution in [-0.4, -0.2) is 34.8 Å². The van der Waals surface area contributed by atoms with Gasteiger partial charge in [-0.05, 0) is 25.0 Å². The number of hydrogen-bond donors (Lipinski definition) is 1. The van der Waals surface area contributed by atoms with Gasteiger partial charge in [-0.3, -0.25) is 4.79 Å². The van der Waals surface area contributed by atoms with Crippen molar-refractivity contribution in [3.63, 3.8) is 0 Å². The highest BCUT2D eigenvalue weighted by atomic mass is 32.2. The summed E-state index contributed by atoms with van der Waals surface area (Å²) in [6.07, 6.45) is 4.70. The van der Waals surface area contributed by atoms with E-state index in [1.807, 2.05) is 17.0 Å². The molecule has 0 radical (unpaired) electrons. The third kappa shape index (κ3) is 3.67.